The Hall–Kier alpha value is -0.310. The van der Waals surface area contributed by atoms with E-state index in [1.165, 1.54) is 42.3 Å². The second kappa shape index (κ2) is 4.69. The lowest BCUT2D eigenvalue weighted by Crippen LogP contribution is -2.06. The standard InChI is InChI=1S/C12H19BrN2/c1-9-12(13)10(2)15(14-9)8-7-11-5-3-4-6-11/h11H,3-8H2,1-2H3. The SMILES string of the molecule is Cc1nn(CCC2CCCC2)c(C)c1Br. The minimum Gasteiger partial charge on any atom is -0.268 e. The number of aryl methyl sites for hydroxylation is 2. The first kappa shape index (κ1) is 11.2. The molecule has 0 bridgehead atoms. The Labute approximate surface area is 100 Å². The molecule has 1 aromatic rings. The van der Waals surface area contributed by atoms with Crippen molar-refractivity contribution < 1.29 is 0 Å². The van der Waals surface area contributed by atoms with E-state index in [-0.39, 0.29) is 0 Å². The minimum absolute atomic E-state index is 0.952. The molecule has 0 radical (unpaired) electrons. The first-order valence-corrected chi connectivity index (χ1v) is 6.67. The molecule has 3 heteroatoms. The molecule has 0 spiro atoms. The molecule has 1 aliphatic carbocycles. The van der Waals surface area contributed by atoms with Crippen molar-refractivity contribution in [2.45, 2.75) is 52.5 Å². The van der Waals surface area contributed by atoms with Crippen LogP contribution in [-0.4, -0.2) is 9.78 Å². The Kier molecular flexibility index (Phi) is 3.49. The lowest BCUT2D eigenvalue weighted by Gasteiger charge is -2.09. The third-order valence-corrected chi connectivity index (χ3v) is 4.66. The largest absolute Gasteiger partial charge is 0.268 e. The molecule has 0 aliphatic heterocycles. The molecular formula is C12H19BrN2. The van der Waals surface area contributed by atoms with E-state index in [9.17, 15) is 0 Å². The molecule has 0 unspecified atom stereocenters. The van der Waals surface area contributed by atoms with Gasteiger partial charge in [-0.3, -0.25) is 4.68 Å². The summed E-state index contributed by atoms with van der Waals surface area (Å²) in [5.41, 5.74) is 2.38. The Bertz CT molecular complexity index is 338. The summed E-state index contributed by atoms with van der Waals surface area (Å²) in [5, 5.41) is 4.54. The van der Waals surface area contributed by atoms with Crippen LogP contribution in [0.25, 0.3) is 0 Å². The average Bonchev–Trinajstić information content (AvgIpc) is 2.80. The van der Waals surface area contributed by atoms with E-state index in [1.54, 1.807) is 0 Å². The van der Waals surface area contributed by atoms with Gasteiger partial charge in [0.2, 0.25) is 0 Å². The normalized spacial score (nSPS) is 17.5. The van der Waals surface area contributed by atoms with Gasteiger partial charge in [-0.05, 0) is 42.1 Å². The maximum atomic E-state index is 4.54. The van der Waals surface area contributed by atoms with Gasteiger partial charge in [-0.25, -0.2) is 0 Å². The third-order valence-electron chi connectivity index (χ3n) is 3.52. The molecule has 84 valence electrons. The predicted molar refractivity (Wildman–Crippen MR) is 66.0 cm³/mol. The smallest absolute Gasteiger partial charge is 0.0738 e. The molecule has 1 fully saturated rings. The van der Waals surface area contributed by atoms with Crippen LogP contribution < -0.4 is 0 Å². The van der Waals surface area contributed by atoms with Crippen molar-refractivity contribution in [1.82, 2.24) is 9.78 Å². The zero-order chi connectivity index (χ0) is 10.8. The van der Waals surface area contributed by atoms with Crippen LogP contribution in [0.3, 0.4) is 0 Å². The van der Waals surface area contributed by atoms with Gasteiger partial charge in [0.15, 0.2) is 0 Å². The number of hydrogen-bond donors (Lipinski definition) is 0. The second-order valence-electron chi connectivity index (χ2n) is 4.65. The first-order valence-electron chi connectivity index (χ1n) is 5.88. The first-order chi connectivity index (χ1) is 7.18. The van der Waals surface area contributed by atoms with Crippen LogP contribution in [0.2, 0.25) is 0 Å². The molecule has 0 N–H and O–H groups in total. The minimum atomic E-state index is 0.952. The Balaban J connectivity index is 1.95. The van der Waals surface area contributed by atoms with Crippen molar-refractivity contribution in [3.05, 3.63) is 15.9 Å². The highest BCUT2D eigenvalue weighted by Gasteiger charge is 2.16. The molecule has 0 aromatic carbocycles. The summed E-state index contributed by atoms with van der Waals surface area (Å²) in [6.07, 6.45) is 7.03. The highest BCUT2D eigenvalue weighted by molar-refractivity contribution is 9.10. The molecule has 1 saturated carbocycles. The molecule has 1 heterocycles. The van der Waals surface area contributed by atoms with Gasteiger partial charge in [0, 0.05) is 12.2 Å². The summed E-state index contributed by atoms with van der Waals surface area (Å²) in [6, 6.07) is 0. The second-order valence-corrected chi connectivity index (χ2v) is 5.44. The van der Waals surface area contributed by atoms with Crippen molar-refractivity contribution in [1.29, 1.82) is 0 Å². The topological polar surface area (TPSA) is 17.8 Å². The van der Waals surface area contributed by atoms with E-state index in [0.717, 1.165) is 18.2 Å². The number of hydrogen-bond acceptors (Lipinski definition) is 1. The van der Waals surface area contributed by atoms with E-state index in [2.05, 4.69) is 39.6 Å². The van der Waals surface area contributed by atoms with Gasteiger partial charge in [0.25, 0.3) is 0 Å². The number of rotatable bonds is 3. The van der Waals surface area contributed by atoms with Crippen LogP contribution in [-0.2, 0) is 6.54 Å². The highest BCUT2D eigenvalue weighted by Crippen LogP contribution is 2.28. The van der Waals surface area contributed by atoms with Gasteiger partial charge < -0.3 is 0 Å². The fraction of sp³-hybridized carbons (Fsp3) is 0.750. The van der Waals surface area contributed by atoms with E-state index in [1.807, 2.05) is 0 Å². The van der Waals surface area contributed by atoms with Crippen LogP contribution in [0.1, 0.15) is 43.5 Å². The van der Waals surface area contributed by atoms with Gasteiger partial charge in [-0.15, -0.1) is 0 Å². The fourth-order valence-corrected chi connectivity index (χ4v) is 2.78. The Morgan fingerprint density at radius 1 is 1.33 bits per heavy atom. The Morgan fingerprint density at radius 2 is 2.00 bits per heavy atom. The van der Waals surface area contributed by atoms with E-state index in [4.69, 9.17) is 0 Å². The van der Waals surface area contributed by atoms with Crippen molar-refractivity contribution >= 4 is 15.9 Å². The molecule has 0 saturated heterocycles. The maximum absolute atomic E-state index is 4.54. The number of halogens is 1. The van der Waals surface area contributed by atoms with E-state index < -0.39 is 0 Å². The zero-order valence-electron chi connectivity index (χ0n) is 9.59. The van der Waals surface area contributed by atoms with Crippen LogP contribution in [0.4, 0.5) is 0 Å². The van der Waals surface area contributed by atoms with Crippen molar-refractivity contribution in [3.8, 4) is 0 Å². The summed E-state index contributed by atoms with van der Waals surface area (Å²) < 4.78 is 3.33. The van der Waals surface area contributed by atoms with Gasteiger partial charge in [0.1, 0.15) is 0 Å². The lowest BCUT2D eigenvalue weighted by molar-refractivity contribution is 0.434. The average molecular weight is 271 g/mol. The highest BCUT2D eigenvalue weighted by atomic mass is 79.9. The fourth-order valence-electron chi connectivity index (χ4n) is 2.50. The van der Waals surface area contributed by atoms with Gasteiger partial charge in [0.05, 0.1) is 10.2 Å². The number of nitrogens with zero attached hydrogens (tertiary/aromatic N) is 2. The quantitative estimate of drug-likeness (QED) is 0.816. The monoisotopic (exact) mass is 270 g/mol. The molecule has 1 aliphatic rings. The van der Waals surface area contributed by atoms with Gasteiger partial charge in [-0.1, -0.05) is 25.7 Å². The van der Waals surface area contributed by atoms with E-state index >= 15 is 0 Å². The van der Waals surface area contributed by atoms with Crippen molar-refractivity contribution in [2.24, 2.45) is 5.92 Å². The van der Waals surface area contributed by atoms with E-state index in [0.29, 0.717) is 0 Å². The van der Waals surface area contributed by atoms with Crippen LogP contribution in [0, 0.1) is 19.8 Å². The maximum Gasteiger partial charge on any atom is 0.0738 e. The molecular weight excluding hydrogens is 252 g/mol. The summed E-state index contributed by atoms with van der Waals surface area (Å²) in [6.45, 7) is 5.28. The Morgan fingerprint density at radius 3 is 2.53 bits per heavy atom. The molecule has 0 atom stereocenters. The van der Waals surface area contributed by atoms with Crippen molar-refractivity contribution in [3.63, 3.8) is 0 Å². The van der Waals surface area contributed by atoms with Crippen LogP contribution in [0.15, 0.2) is 4.47 Å². The third kappa shape index (κ3) is 2.44. The molecule has 2 rings (SSSR count). The zero-order valence-corrected chi connectivity index (χ0v) is 11.2. The summed E-state index contributed by atoms with van der Waals surface area (Å²) >= 11 is 3.57. The molecule has 2 nitrogen and oxygen atoms in total. The summed E-state index contributed by atoms with van der Waals surface area (Å²) in [4.78, 5) is 0. The van der Waals surface area contributed by atoms with Gasteiger partial charge >= 0.3 is 0 Å². The van der Waals surface area contributed by atoms with Crippen molar-refractivity contribution in [2.75, 3.05) is 0 Å². The molecule has 15 heavy (non-hydrogen) atoms. The number of aromatic nitrogens is 2. The van der Waals surface area contributed by atoms with Crippen LogP contribution >= 0.6 is 15.9 Å². The molecule has 1 aromatic heterocycles. The van der Waals surface area contributed by atoms with Crippen LogP contribution in [0.5, 0.6) is 0 Å². The predicted octanol–water partition coefficient (Wildman–Crippen LogP) is 3.84. The summed E-state index contributed by atoms with van der Waals surface area (Å²) in [5.74, 6) is 0.952. The molecule has 0 amide bonds. The summed E-state index contributed by atoms with van der Waals surface area (Å²) in [7, 11) is 0. The van der Waals surface area contributed by atoms with Gasteiger partial charge in [-0.2, -0.15) is 5.10 Å². The lowest BCUT2D eigenvalue weighted by atomic mass is 10.0.